The summed E-state index contributed by atoms with van der Waals surface area (Å²) in [7, 11) is 1.51. The zero-order valence-electron chi connectivity index (χ0n) is 11.1. The van der Waals surface area contributed by atoms with Crippen LogP contribution in [0.25, 0.3) is 0 Å². The molecule has 102 valence electrons. The van der Waals surface area contributed by atoms with Crippen molar-refractivity contribution in [2.45, 2.75) is 27.2 Å². The van der Waals surface area contributed by atoms with Gasteiger partial charge in [0, 0.05) is 24.7 Å². The summed E-state index contributed by atoms with van der Waals surface area (Å²) in [6.45, 7) is 5.02. The van der Waals surface area contributed by atoms with Gasteiger partial charge in [-0.05, 0) is 20.8 Å². The number of esters is 1. The Bertz CT molecular complexity index is 373. The lowest BCUT2D eigenvalue weighted by atomic mass is 10.1. The summed E-state index contributed by atoms with van der Waals surface area (Å²) in [5, 5.41) is 8.77. The van der Waals surface area contributed by atoms with E-state index in [-0.39, 0.29) is 30.1 Å². The molecule has 0 heterocycles. The van der Waals surface area contributed by atoms with Gasteiger partial charge in [0.15, 0.2) is 0 Å². The van der Waals surface area contributed by atoms with Crippen LogP contribution in [0.2, 0.25) is 0 Å². The van der Waals surface area contributed by atoms with Gasteiger partial charge in [-0.15, -0.1) is 0 Å². The molecule has 0 bridgehead atoms. The van der Waals surface area contributed by atoms with E-state index in [9.17, 15) is 14.4 Å². The summed E-state index contributed by atoms with van der Waals surface area (Å²) in [5.41, 5.74) is 0.164. The number of hydrogen-bond donors (Lipinski definition) is 1. The summed E-state index contributed by atoms with van der Waals surface area (Å²) < 4.78 is 4.74. The van der Waals surface area contributed by atoms with E-state index in [0.29, 0.717) is 6.61 Å². The first-order chi connectivity index (χ1) is 8.31. The van der Waals surface area contributed by atoms with E-state index in [4.69, 9.17) is 9.84 Å². The lowest BCUT2D eigenvalue weighted by molar-refractivity contribution is -0.143. The summed E-state index contributed by atoms with van der Waals surface area (Å²) in [6, 6.07) is 0. The van der Waals surface area contributed by atoms with Gasteiger partial charge >= 0.3 is 11.9 Å². The van der Waals surface area contributed by atoms with Gasteiger partial charge in [-0.1, -0.05) is 0 Å². The van der Waals surface area contributed by atoms with Crippen molar-refractivity contribution in [1.82, 2.24) is 4.90 Å². The third-order valence-electron chi connectivity index (χ3n) is 2.51. The first-order valence-corrected chi connectivity index (χ1v) is 5.63. The third-order valence-corrected chi connectivity index (χ3v) is 2.51. The van der Waals surface area contributed by atoms with Crippen LogP contribution in [0.4, 0.5) is 0 Å². The van der Waals surface area contributed by atoms with Crippen LogP contribution in [0, 0.1) is 0 Å². The van der Waals surface area contributed by atoms with Crippen LogP contribution in [0.3, 0.4) is 0 Å². The Balaban J connectivity index is 4.48. The molecule has 0 atom stereocenters. The maximum atomic E-state index is 11.8. The zero-order valence-corrected chi connectivity index (χ0v) is 11.1. The molecule has 0 aromatic heterocycles. The Morgan fingerprint density at radius 2 is 1.72 bits per heavy atom. The van der Waals surface area contributed by atoms with Crippen molar-refractivity contribution < 1.29 is 24.2 Å². The molecule has 0 saturated heterocycles. The number of carboxylic acid groups (broad SMARTS) is 1. The molecule has 1 N–H and O–H groups in total. The summed E-state index contributed by atoms with van der Waals surface area (Å²) in [5.74, 6) is -1.91. The number of hydrogen-bond acceptors (Lipinski definition) is 4. The SMILES string of the molecule is CCOC(=O)CCN(C)C(=O)C(C)=C(C)C(=O)O. The van der Waals surface area contributed by atoms with E-state index < -0.39 is 11.9 Å². The average molecular weight is 257 g/mol. The van der Waals surface area contributed by atoms with Gasteiger partial charge in [0.1, 0.15) is 0 Å². The van der Waals surface area contributed by atoms with Crippen LogP contribution in [0.5, 0.6) is 0 Å². The summed E-state index contributed by atoms with van der Waals surface area (Å²) in [6.07, 6.45) is 0.0927. The number of likely N-dealkylation sites (N-methyl/N-ethyl adjacent to an activating group) is 1. The van der Waals surface area contributed by atoms with Crippen LogP contribution in [-0.2, 0) is 19.1 Å². The smallest absolute Gasteiger partial charge is 0.331 e. The van der Waals surface area contributed by atoms with E-state index in [1.807, 2.05) is 0 Å². The van der Waals surface area contributed by atoms with Gasteiger partial charge < -0.3 is 14.7 Å². The van der Waals surface area contributed by atoms with Crippen LogP contribution in [0.1, 0.15) is 27.2 Å². The molecule has 0 unspecified atom stereocenters. The van der Waals surface area contributed by atoms with E-state index in [0.717, 1.165) is 0 Å². The Morgan fingerprint density at radius 1 is 1.17 bits per heavy atom. The minimum atomic E-state index is -1.13. The molecule has 0 rings (SSSR count). The molecule has 0 spiro atoms. The maximum absolute atomic E-state index is 11.8. The van der Waals surface area contributed by atoms with Crippen LogP contribution < -0.4 is 0 Å². The first-order valence-electron chi connectivity index (χ1n) is 5.63. The van der Waals surface area contributed by atoms with E-state index in [1.165, 1.54) is 25.8 Å². The van der Waals surface area contributed by atoms with E-state index in [1.54, 1.807) is 6.92 Å². The fourth-order valence-corrected chi connectivity index (χ4v) is 1.20. The van der Waals surface area contributed by atoms with Gasteiger partial charge in [-0.2, -0.15) is 0 Å². The summed E-state index contributed by atoms with van der Waals surface area (Å²) in [4.78, 5) is 34.9. The average Bonchev–Trinajstić information content (AvgIpc) is 2.33. The Hall–Kier alpha value is -1.85. The largest absolute Gasteiger partial charge is 0.478 e. The Morgan fingerprint density at radius 3 is 2.17 bits per heavy atom. The topological polar surface area (TPSA) is 83.9 Å². The van der Waals surface area contributed by atoms with Gasteiger partial charge in [0.05, 0.1) is 13.0 Å². The van der Waals surface area contributed by atoms with Crippen molar-refractivity contribution in [2.75, 3.05) is 20.2 Å². The van der Waals surface area contributed by atoms with Gasteiger partial charge in [-0.3, -0.25) is 9.59 Å². The molecule has 0 aromatic carbocycles. The molecule has 0 aliphatic carbocycles. The summed E-state index contributed by atoms with van der Waals surface area (Å²) >= 11 is 0. The van der Waals surface area contributed by atoms with Gasteiger partial charge in [0.2, 0.25) is 5.91 Å². The predicted molar refractivity (Wildman–Crippen MR) is 64.9 cm³/mol. The molecule has 0 aromatic rings. The zero-order chi connectivity index (χ0) is 14.3. The molecule has 0 saturated carbocycles. The van der Waals surface area contributed by atoms with Crippen molar-refractivity contribution in [2.24, 2.45) is 0 Å². The molecular weight excluding hydrogens is 238 g/mol. The van der Waals surface area contributed by atoms with Crippen LogP contribution in [0.15, 0.2) is 11.1 Å². The number of nitrogens with zero attached hydrogens (tertiary/aromatic N) is 1. The standard InChI is InChI=1S/C12H19NO5/c1-5-18-10(14)6-7-13(4)11(15)8(2)9(3)12(16)17/h5-7H2,1-4H3,(H,16,17). The number of ether oxygens (including phenoxy) is 1. The number of aliphatic carboxylic acids is 1. The molecular formula is C12H19NO5. The van der Waals surface area contributed by atoms with Crippen molar-refractivity contribution in [3.05, 3.63) is 11.1 Å². The fraction of sp³-hybridized carbons (Fsp3) is 0.583. The molecule has 0 aliphatic heterocycles. The number of carboxylic acids is 1. The predicted octanol–water partition coefficient (Wildman–Crippen LogP) is 0.819. The highest BCUT2D eigenvalue weighted by atomic mass is 16.5. The van der Waals surface area contributed by atoms with E-state index >= 15 is 0 Å². The minimum absolute atomic E-state index is 0.00276. The quantitative estimate of drug-likeness (QED) is 0.562. The van der Waals surface area contributed by atoms with Gasteiger partial charge in [-0.25, -0.2) is 4.79 Å². The van der Waals surface area contributed by atoms with Crippen LogP contribution >= 0.6 is 0 Å². The van der Waals surface area contributed by atoms with Gasteiger partial charge in [0.25, 0.3) is 0 Å². The van der Waals surface area contributed by atoms with Crippen LogP contribution in [-0.4, -0.2) is 48.1 Å². The van der Waals surface area contributed by atoms with Crippen molar-refractivity contribution in [3.8, 4) is 0 Å². The minimum Gasteiger partial charge on any atom is -0.478 e. The molecule has 0 fully saturated rings. The highest BCUT2D eigenvalue weighted by Gasteiger charge is 2.17. The van der Waals surface area contributed by atoms with E-state index in [2.05, 4.69) is 0 Å². The lowest BCUT2D eigenvalue weighted by Gasteiger charge is -2.17. The monoisotopic (exact) mass is 257 g/mol. The molecule has 0 aliphatic rings. The number of carbonyl (C=O) groups is 3. The molecule has 6 heteroatoms. The first kappa shape index (κ1) is 16.1. The number of rotatable bonds is 6. The second kappa shape index (κ2) is 7.47. The Labute approximate surface area is 106 Å². The molecule has 1 amide bonds. The third kappa shape index (κ3) is 4.99. The number of carbonyl (C=O) groups excluding carboxylic acids is 2. The molecule has 6 nitrogen and oxygen atoms in total. The molecule has 18 heavy (non-hydrogen) atoms. The second-order valence-electron chi connectivity index (χ2n) is 3.84. The maximum Gasteiger partial charge on any atom is 0.331 e. The second-order valence-corrected chi connectivity index (χ2v) is 3.84. The molecule has 0 radical (unpaired) electrons. The fourth-order valence-electron chi connectivity index (χ4n) is 1.20. The normalized spacial score (nSPS) is 11.6. The van der Waals surface area contributed by atoms with Crippen molar-refractivity contribution in [1.29, 1.82) is 0 Å². The van der Waals surface area contributed by atoms with Crippen molar-refractivity contribution in [3.63, 3.8) is 0 Å². The number of amides is 1. The van der Waals surface area contributed by atoms with Crippen molar-refractivity contribution >= 4 is 17.8 Å². The highest BCUT2D eigenvalue weighted by molar-refractivity contribution is 6.01. The highest BCUT2D eigenvalue weighted by Crippen LogP contribution is 2.07. The lowest BCUT2D eigenvalue weighted by Crippen LogP contribution is -2.31. The Kier molecular flexibility index (Phi) is 6.70.